The predicted octanol–water partition coefficient (Wildman–Crippen LogP) is 1.02. The number of amides is 1. The van der Waals surface area contributed by atoms with Crippen molar-refractivity contribution in [1.29, 1.82) is 0 Å². The van der Waals surface area contributed by atoms with Crippen LogP contribution in [0.25, 0.3) is 0 Å². The van der Waals surface area contributed by atoms with Gasteiger partial charge in [-0.25, -0.2) is 0 Å². The Hall–Kier alpha value is -1.26. The number of nitrogens with two attached hydrogens (primary N) is 1. The Morgan fingerprint density at radius 1 is 1.53 bits per heavy atom. The molecule has 0 saturated carbocycles. The van der Waals surface area contributed by atoms with Crippen molar-refractivity contribution >= 4 is 11.7 Å². The van der Waals surface area contributed by atoms with Crippen molar-refractivity contribution < 1.29 is 10.0 Å². The van der Waals surface area contributed by atoms with Gasteiger partial charge in [0.15, 0.2) is 0 Å². The molecule has 15 heavy (non-hydrogen) atoms. The van der Waals surface area contributed by atoms with Crippen molar-refractivity contribution in [3.05, 3.63) is 0 Å². The summed E-state index contributed by atoms with van der Waals surface area (Å²) in [7, 11) is 0. The number of oxime groups is 1. The highest BCUT2D eigenvalue weighted by molar-refractivity contribution is 5.83. The second-order valence-corrected chi connectivity index (χ2v) is 3.61. The van der Waals surface area contributed by atoms with E-state index >= 15 is 0 Å². The second-order valence-electron chi connectivity index (χ2n) is 3.61. The smallest absolute Gasteiger partial charge is 0.222 e. The molecule has 0 rings (SSSR count). The largest absolute Gasteiger partial charge is 0.409 e. The van der Waals surface area contributed by atoms with Gasteiger partial charge in [0.1, 0.15) is 5.84 Å². The number of hydrogen-bond donors (Lipinski definition) is 2. The molecule has 0 aliphatic rings. The maximum Gasteiger partial charge on any atom is 0.222 e. The molecule has 1 unspecified atom stereocenters. The quantitative estimate of drug-likeness (QED) is 0.300. The van der Waals surface area contributed by atoms with Crippen LogP contribution in [0.15, 0.2) is 5.16 Å². The second kappa shape index (κ2) is 7.09. The normalized spacial score (nSPS) is 13.7. The Morgan fingerprint density at radius 3 is 2.53 bits per heavy atom. The van der Waals surface area contributed by atoms with Gasteiger partial charge in [-0.15, -0.1) is 0 Å². The molecule has 0 heterocycles. The lowest BCUT2D eigenvalue weighted by Gasteiger charge is -2.23. The van der Waals surface area contributed by atoms with E-state index in [0.29, 0.717) is 19.5 Å². The molecule has 0 bridgehead atoms. The molecular weight excluding hydrogens is 194 g/mol. The highest BCUT2D eigenvalue weighted by Gasteiger charge is 2.16. The van der Waals surface area contributed by atoms with Gasteiger partial charge in [0.05, 0.1) is 0 Å². The molecule has 0 saturated heterocycles. The van der Waals surface area contributed by atoms with E-state index in [2.05, 4.69) is 5.16 Å². The van der Waals surface area contributed by atoms with Crippen molar-refractivity contribution in [3.63, 3.8) is 0 Å². The first-order valence-electron chi connectivity index (χ1n) is 5.31. The lowest BCUT2D eigenvalue weighted by molar-refractivity contribution is -0.131. The molecule has 0 aliphatic heterocycles. The van der Waals surface area contributed by atoms with E-state index < -0.39 is 0 Å². The predicted molar refractivity (Wildman–Crippen MR) is 59.7 cm³/mol. The molecule has 5 nitrogen and oxygen atoms in total. The van der Waals surface area contributed by atoms with Crippen LogP contribution < -0.4 is 5.73 Å². The summed E-state index contributed by atoms with van der Waals surface area (Å²) in [5, 5.41) is 11.4. The first-order chi connectivity index (χ1) is 7.06. The van der Waals surface area contributed by atoms with Crippen molar-refractivity contribution in [2.45, 2.75) is 33.6 Å². The highest BCUT2D eigenvalue weighted by atomic mass is 16.4. The van der Waals surface area contributed by atoms with Crippen LogP contribution >= 0.6 is 0 Å². The Morgan fingerprint density at radius 2 is 2.13 bits per heavy atom. The third-order valence-corrected chi connectivity index (χ3v) is 2.31. The van der Waals surface area contributed by atoms with Crippen LogP contribution in [0.5, 0.6) is 0 Å². The molecular formula is C10H21N3O2. The summed E-state index contributed by atoms with van der Waals surface area (Å²) in [6.45, 7) is 6.88. The average molecular weight is 215 g/mol. The molecule has 88 valence electrons. The maximum atomic E-state index is 11.6. The molecule has 3 N–H and O–H groups in total. The van der Waals surface area contributed by atoms with Gasteiger partial charge in [-0.1, -0.05) is 19.0 Å². The molecule has 0 aliphatic carbocycles. The number of hydrogen-bond acceptors (Lipinski definition) is 3. The molecule has 1 amide bonds. The van der Waals surface area contributed by atoms with Crippen LogP contribution in [-0.2, 0) is 4.79 Å². The summed E-state index contributed by atoms with van der Waals surface area (Å²) in [5.74, 6) is 0.172. The van der Waals surface area contributed by atoms with Crippen LogP contribution in [-0.4, -0.2) is 34.9 Å². The zero-order chi connectivity index (χ0) is 11.8. The Bertz CT molecular complexity index is 229. The van der Waals surface area contributed by atoms with Crippen LogP contribution in [0.1, 0.15) is 33.6 Å². The standard InChI is InChI=1S/C10H21N3O2/c1-4-6-9(14)13(5-2)7-8(3)10(11)12-15/h8,15H,4-7H2,1-3H3,(H2,11,12). The zero-order valence-electron chi connectivity index (χ0n) is 9.73. The van der Waals surface area contributed by atoms with E-state index in [4.69, 9.17) is 10.9 Å². The van der Waals surface area contributed by atoms with E-state index in [1.54, 1.807) is 4.90 Å². The number of carbonyl (C=O) groups is 1. The Kier molecular flexibility index (Phi) is 6.49. The SMILES string of the molecule is CCCC(=O)N(CC)CC(C)C(N)=NO. The van der Waals surface area contributed by atoms with Crippen molar-refractivity contribution in [2.75, 3.05) is 13.1 Å². The van der Waals surface area contributed by atoms with E-state index in [9.17, 15) is 4.79 Å². The number of amidine groups is 1. The summed E-state index contributed by atoms with van der Waals surface area (Å²) in [6.07, 6.45) is 1.39. The number of rotatable bonds is 6. The van der Waals surface area contributed by atoms with Gasteiger partial charge in [-0.2, -0.15) is 0 Å². The Labute approximate surface area is 90.9 Å². The van der Waals surface area contributed by atoms with E-state index in [-0.39, 0.29) is 17.7 Å². The van der Waals surface area contributed by atoms with Gasteiger partial charge < -0.3 is 15.8 Å². The summed E-state index contributed by atoms with van der Waals surface area (Å²) in [5.41, 5.74) is 5.46. The van der Waals surface area contributed by atoms with Gasteiger partial charge in [0.25, 0.3) is 0 Å². The van der Waals surface area contributed by atoms with Gasteiger partial charge in [0, 0.05) is 25.4 Å². The molecule has 0 spiro atoms. The molecule has 0 radical (unpaired) electrons. The summed E-state index contributed by atoms with van der Waals surface area (Å²) in [6, 6.07) is 0. The van der Waals surface area contributed by atoms with Crippen molar-refractivity contribution in [1.82, 2.24) is 4.90 Å². The maximum absolute atomic E-state index is 11.6. The monoisotopic (exact) mass is 215 g/mol. The summed E-state index contributed by atoms with van der Waals surface area (Å²) >= 11 is 0. The third kappa shape index (κ3) is 4.67. The highest BCUT2D eigenvalue weighted by Crippen LogP contribution is 2.03. The zero-order valence-corrected chi connectivity index (χ0v) is 9.73. The van der Waals surface area contributed by atoms with E-state index in [1.807, 2.05) is 20.8 Å². The molecule has 0 aromatic rings. The topological polar surface area (TPSA) is 78.9 Å². The van der Waals surface area contributed by atoms with Gasteiger partial charge in [0.2, 0.25) is 5.91 Å². The third-order valence-electron chi connectivity index (χ3n) is 2.31. The molecule has 0 aromatic carbocycles. The average Bonchev–Trinajstić information content (AvgIpc) is 2.24. The van der Waals surface area contributed by atoms with E-state index in [0.717, 1.165) is 6.42 Å². The number of carbonyl (C=O) groups excluding carboxylic acids is 1. The summed E-state index contributed by atoms with van der Waals surface area (Å²) < 4.78 is 0. The fourth-order valence-electron chi connectivity index (χ4n) is 1.30. The fraction of sp³-hybridized carbons (Fsp3) is 0.800. The summed E-state index contributed by atoms with van der Waals surface area (Å²) in [4.78, 5) is 13.3. The van der Waals surface area contributed by atoms with Crippen molar-refractivity contribution in [3.8, 4) is 0 Å². The van der Waals surface area contributed by atoms with Gasteiger partial charge >= 0.3 is 0 Å². The minimum Gasteiger partial charge on any atom is -0.409 e. The van der Waals surface area contributed by atoms with Crippen LogP contribution in [0.3, 0.4) is 0 Å². The van der Waals surface area contributed by atoms with Crippen LogP contribution in [0.4, 0.5) is 0 Å². The number of nitrogens with zero attached hydrogens (tertiary/aromatic N) is 2. The van der Waals surface area contributed by atoms with Gasteiger partial charge in [-0.05, 0) is 13.3 Å². The lowest BCUT2D eigenvalue weighted by atomic mass is 10.1. The lowest BCUT2D eigenvalue weighted by Crippen LogP contribution is -2.38. The minimum atomic E-state index is -0.115. The van der Waals surface area contributed by atoms with E-state index in [1.165, 1.54) is 0 Å². The fourth-order valence-corrected chi connectivity index (χ4v) is 1.30. The molecule has 5 heteroatoms. The Balaban J connectivity index is 4.26. The molecule has 0 fully saturated rings. The molecule has 0 aromatic heterocycles. The van der Waals surface area contributed by atoms with Crippen LogP contribution in [0.2, 0.25) is 0 Å². The minimum absolute atomic E-state index is 0.115. The molecule has 1 atom stereocenters. The van der Waals surface area contributed by atoms with Crippen LogP contribution in [0, 0.1) is 5.92 Å². The first kappa shape index (κ1) is 13.7. The van der Waals surface area contributed by atoms with Gasteiger partial charge in [-0.3, -0.25) is 4.79 Å². The first-order valence-corrected chi connectivity index (χ1v) is 5.31. The van der Waals surface area contributed by atoms with Crippen molar-refractivity contribution in [2.24, 2.45) is 16.8 Å².